The van der Waals surface area contributed by atoms with Crippen LogP contribution in [0.2, 0.25) is 0 Å². The van der Waals surface area contributed by atoms with E-state index in [0.717, 1.165) is 39.1 Å². The Labute approximate surface area is 156 Å². The summed E-state index contributed by atoms with van der Waals surface area (Å²) in [5, 5.41) is 3.04. The fraction of sp³-hybridized carbons (Fsp3) is 0.409. The second-order valence-corrected chi connectivity index (χ2v) is 7.00. The Balaban J connectivity index is 1.32. The molecule has 4 nitrogen and oxygen atoms in total. The summed E-state index contributed by atoms with van der Waals surface area (Å²) >= 11 is 0. The number of hydrogen-bond donors (Lipinski definition) is 1. The number of carbonyl (C=O) groups is 1. The van der Waals surface area contributed by atoms with Gasteiger partial charge in [-0.15, -0.1) is 0 Å². The number of carbonyl (C=O) groups excluding carboxylic acids is 1. The van der Waals surface area contributed by atoms with Crippen LogP contribution in [0.5, 0.6) is 0 Å². The molecule has 3 rings (SSSR count). The zero-order valence-corrected chi connectivity index (χ0v) is 15.7. The van der Waals surface area contributed by atoms with E-state index in [9.17, 15) is 4.79 Å². The second-order valence-electron chi connectivity index (χ2n) is 7.00. The third-order valence-corrected chi connectivity index (χ3v) is 4.97. The van der Waals surface area contributed by atoms with Crippen LogP contribution >= 0.6 is 0 Å². The number of amides is 1. The minimum Gasteiger partial charge on any atom is -0.369 e. The highest BCUT2D eigenvalue weighted by molar-refractivity contribution is 5.76. The maximum absolute atomic E-state index is 12.1. The van der Waals surface area contributed by atoms with Crippen molar-refractivity contribution in [2.45, 2.75) is 19.8 Å². The van der Waals surface area contributed by atoms with Gasteiger partial charge in [-0.1, -0.05) is 42.5 Å². The summed E-state index contributed by atoms with van der Waals surface area (Å²) in [6.07, 6.45) is 1.47. The molecule has 0 saturated carbocycles. The SMILES string of the molecule is Cc1cccc(N2CCN(CCC(=O)NCCc3ccccc3)CC2)c1. The van der Waals surface area contributed by atoms with E-state index in [1.54, 1.807) is 0 Å². The summed E-state index contributed by atoms with van der Waals surface area (Å²) < 4.78 is 0. The molecule has 0 radical (unpaired) electrons. The van der Waals surface area contributed by atoms with Crippen molar-refractivity contribution in [3.05, 3.63) is 65.7 Å². The normalized spacial score (nSPS) is 15.0. The molecule has 26 heavy (non-hydrogen) atoms. The van der Waals surface area contributed by atoms with Gasteiger partial charge in [-0.2, -0.15) is 0 Å². The predicted octanol–water partition coefficient (Wildman–Crippen LogP) is 2.87. The van der Waals surface area contributed by atoms with Crippen LogP contribution in [0.3, 0.4) is 0 Å². The molecule has 2 aromatic rings. The Morgan fingerprint density at radius 2 is 1.77 bits per heavy atom. The lowest BCUT2D eigenvalue weighted by molar-refractivity contribution is -0.121. The second kappa shape index (κ2) is 9.39. The number of aryl methyl sites for hydroxylation is 1. The van der Waals surface area contributed by atoms with E-state index in [1.165, 1.54) is 16.8 Å². The van der Waals surface area contributed by atoms with Crippen LogP contribution in [-0.2, 0) is 11.2 Å². The lowest BCUT2D eigenvalue weighted by Crippen LogP contribution is -2.47. The molecule has 0 atom stereocenters. The van der Waals surface area contributed by atoms with Crippen molar-refractivity contribution in [3.63, 3.8) is 0 Å². The highest BCUT2D eigenvalue weighted by Crippen LogP contribution is 2.17. The van der Waals surface area contributed by atoms with Gasteiger partial charge < -0.3 is 10.2 Å². The molecule has 0 spiro atoms. The molecule has 4 heteroatoms. The highest BCUT2D eigenvalue weighted by Gasteiger charge is 2.17. The molecular weight excluding hydrogens is 322 g/mol. The minimum atomic E-state index is 0.155. The number of benzene rings is 2. The first-order chi connectivity index (χ1) is 12.7. The molecule has 1 aliphatic heterocycles. The van der Waals surface area contributed by atoms with Crippen molar-refractivity contribution in [3.8, 4) is 0 Å². The van der Waals surface area contributed by atoms with Crippen molar-refractivity contribution in [2.24, 2.45) is 0 Å². The Bertz CT molecular complexity index is 694. The molecule has 138 valence electrons. The van der Waals surface area contributed by atoms with Crippen molar-refractivity contribution < 1.29 is 4.79 Å². The van der Waals surface area contributed by atoms with Gasteiger partial charge in [0.15, 0.2) is 0 Å². The predicted molar refractivity (Wildman–Crippen MR) is 108 cm³/mol. The van der Waals surface area contributed by atoms with E-state index in [4.69, 9.17) is 0 Å². The standard InChI is InChI=1S/C22H29N3O/c1-19-6-5-9-21(18-19)25-16-14-24(15-17-25)13-11-22(26)23-12-10-20-7-3-2-4-8-20/h2-9,18H,10-17H2,1H3,(H,23,26). The number of nitrogens with one attached hydrogen (secondary N) is 1. The molecule has 1 N–H and O–H groups in total. The quantitative estimate of drug-likeness (QED) is 0.833. The lowest BCUT2D eigenvalue weighted by Gasteiger charge is -2.36. The van der Waals surface area contributed by atoms with Gasteiger partial charge in [-0.3, -0.25) is 9.69 Å². The van der Waals surface area contributed by atoms with E-state index in [0.29, 0.717) is 13.0 Å². The Kier molecular flexibility index (Phi) is 6.67. The van der Waals surface area contributed by atoms with Crippen LogP contribution in [-0.4, -0.2) is 50.1 Å². The van der Waals surface area contributed by atoms with E-state index >= 15 is 0 Å². The largest absolute Gasteiger partial charge is 0.369 e. The van der Waals surface area contributed by atoms with Gasteiger partial charge in [0.1, 0.15) is 0 Å². The van der Waals surface area contributed by atoms with Crippen LogP contribution < -0.4 is 10.2 Å². The first-order valence-corrected chi connectivity index (χ1v) is 9.55. The minimum absolute atomic E-state index is 0.155. The summed E-state index contributed by atoms with van der Waals surface area (Å²) in [6.45, 7) is 7.79. The van der Waals surface area contributed by atoms with Gasteiger partial charge in [0.2, 0.25) is 5.91 Å². The summed E-state index contributed by atoms with van der Waals surface area (Å²) in [5.74, 6) is 0.155. The number of nitrogens with zero attached hydrogens (tertiary/aromatic N) is 2. The molecule has 1 fully saturated rings. The van der Waals surface area contributed by atoms with Gasteiger partial charge in [0.25, 0.3) is 0 Å². The summed E-state index contributed by atoms with van der Waals surface area (Å²) in [5.41, 5.74) is 3.88. The molecule has 1 amide bonds. The maximum atomic E-state index is 12.1. The summed E-state index contributed by atoms with van der Waals surface area (Å²) in [6, 6.07) is 19.0. The number of anilines is 1. The lowest BCUT2D eigenvalue weighted by atomic mass is 10.1. The fourth-order valence-electron chi connectivity index (χ4n) is 3.39. The monoisotopic (exact) mass is 351 g/mol. The highest BCUT2D eigenvalue weighted by atomic mass is 16.1. The molecular formula is C22H29N3O. The average molecular weight is 351 g/mol. The van der Waals surface area contributed by atoms with E-state index < -0.39 is 0 Å². The Morgan fingerprint density at radius 3 is 2.50 bits per heavy atom. The summed E-state index contributed by atoms with van der Waals surface area (Å²) in [4.78, 5) is 16.9. The molecule has 0 bridgehead atoms. The Morgan fingerprint density at radius 1 is 1.00 bits per heavy atom. The van der Waals surface area contributed by atoms with Crippen molar-refractivity contribution in [1.29, 1.82) is 0 Å². The number of hydrogen-bond acceptors (Lipinski definition) is 3. The number of piperazine rings is 1. The maximum Gasteiger partial charge on any atom is 0.221 e. The number of rotatable bonds is 7. The van der Waals surface area contributed by atoms with Crippen LogP contribution in [0.4, 0.5) is 5.69 Å². The first-order valence-electron chi connectivity index (χ1n) is 9.55. The van der Waals surface area contributed by atoms with Crippen LogP contribution in [0.1, 0.15) is 17.5 Å². The average Bonchev–Trinajstić information content (AvgIpc) is 2.68. The van der Waals surface area contributed by atoms with E-state index in [1.807, 2.05) is 18.2 Å². The van der Waals surface area contributed by atoms with E-state index in [-0.39, 0.29) is 5.91 Å². The molecule has 1 saturated heterocycles. The van der Waals surface area contributed by atoms with E-state index in [2.05, 4.69) is 58.4 Å². The first kappa shape index (κ1) is 18.5. The fourth-order valence-corrected chi connectivity index (χ4v) is 3.39. The Hall–Kier alpha value is -2.33. The summed E-state index contributed by atoms with van der Waals surface area (Å²) in [7, 11) is 0. The van der Waals surface area contributed by atoms with Gasteiger partial charge in [-0.25, -0.2) is 0 Å². The molecule has 2 aromatic carbocycles. The van der Waals surface area contributed by atoms with Crippen LogP contribution in [0, 0.1) is 6.92 Å². The van der Waals surface area contributed by atoms with Gasteiger partial charge in [0.05, 0.1) is 0 Å². The smallest absolute Gasteiger partial charge is 0.221 e. The zero-order chi connectivity index (χ0) is 18.2. The van der Waals surface area contributed by atoms with Crippen LogP contribution in [0.15, 0.2) is 54.6 Å². The topological polar surface area (TPSA) is 35.6 Å². The third-order valence-electron chi connectivity index (χ3n) is 4.97. The third kappa shape index (κ3) is 5.60. The molecule has 0 aromatic heterocycles. The van der Waals surface area contributed by atoms with Crippen molar-refractivity contribution in [2.75, 3.05) is 44.2 Å². The zero-order valence-electron chi connectivity index (χ0n) is 15.7. The molecule has 0 unspecified atom stereocenters. The van der Waals surface area contributed by atoms with Crippen LogP contribution in [0.25, 0.3) is 0 Å². The van der Waals surface area contributed by atoms with Gasteiger partial charge in [-0.05, 0) is 36.6 Å². The van der Waals surface area contributed by atoms with Crippen molar-refractivity contribution >= 4 is 11.6 Å². The van der Waals surface area contributed by atoms with Gasteiger partial charge >= 0.3 is 0 Å². The molecule has 0 aliphatic carbocycles. The molecule has 1 heterocycles. The molecule has 1 aliphatic rings. The van der Waals surface area contributed by atoms with Gasteiger partial charge in [0, 0.05) is 51.4 Å². The van der Waals surface area contributed by atoms with Crippen molar-refractivity contribution in [1.82, 2.24) is 10.2 Å².